The fourth-order valence-electron chi connectivity index (χ4n) is 3.21. The summed E-state index contributed by atoms with van der Waals surface area (Å²) in [6, 6.07) is 27.1. The lowest BCUT2D eigenvalue weighted by molar-refractivity contribution is 0.426. The molecule has 4 aromatic heterocycles. The molecule has 4 heterocycles. The topological polar surface area (TPSA) is 66.2 Å². The van der Waals surface area contributed by atoms with Crippen LogP contribution in [0.3, 0.4) is 0 Å². The van der Waals surface area contributed by atoms with Gasteiger partial charge in [-0.2, -0.15) is 0 Å². The van der Waals surface area contributed by atoms with Crippen LogP contribution in [0, 0.1) is 0 Å². The number of halogens is 1. The number of benzene rings is 2. The summed E-state index contributed by atoms with van der Waals surface area (Å²) >= 11 is 9.23. The summed E-state index contributed by atoms with van der Waals surface area (Å²) in [6.45, 7) is 0. The Balaban J connectivity index is 0.000000127. The monoisotopic (exact) mass is 502 g/mol. The second-order valence-corrected chi connectivity index (χ2v) is 9.33. The molecule has 0 saturated carbocycles. The molecule has 0 unspecified atom stereocenters. The van der Waals surface area contributed by atoms with Crippen molar-refractivity contribution < 1.29 is 10.0 Å². The molecule has 0 spiro atoms. The largest absolute Gasteiger partial charge is 0.488 e. The van der Waals surface area contributed by atoms with Gasteiger partial charge in [-0.05, 0) is 40.5 Å². The van der Waals surface area contributed by atoms with Crippen LogP contribution in [0.1, 0.15) is 0 Å². The SMILES string of the molecule is Clc1nccc2sccc12.OB(O)c1ccccc1.c1ccc(-c2nccc3sccc23)cc1. The average molecular weight is 503 g/mol. The molecular formula is C26H20BClN2O2S2. The van der Waals surface area contributed by atoms with Gasteiger partial charge in [0, 0.05) is 38.1 Å². The van der Waals surface area contributed by atoms with E-state index < -0.39 is 7.12 Å². The molecule has 2 N–H and O–H groups in total. The molecule has 2 aromatic carbocycles. The Kier molecular flexibility index (Phi) is 8.41. The molecule has 0 atom stereocenters. The fraction of sp³-hybridized carbons (Fsp3) is 0. The molecule has 0 radical (unpaired) electrons. The first-order valence-corrected chi connectivity index (χ1v) is 12.5. The summed E-state index contributed by atoms with van der Waals surface area (Å²) in [5.74, 6) is 0. The first-order chi connectivity index (χ1) is 16.6. The highest BCUT2D eigenvalue weighted by atomic mass is 35.5. The number of hydrogen-bond acceptors (Lipinski definition) is 6. The van der Waals surface area contributed by atoms with E-state index in [4.69, 9.17) is 21.6 Å². The Morgan fingerprint density at radius 2 is 1.21 bits per heavy atom. The molecule has 0 aliphatic rings. The molecule has 8 heteroatoms. The van der Waals surface area contributed by atoms with E-state index in [1.54, 1.807) is 53.1 Å². The smallest absolute Gasteiger partial charge is 0.423 e. The zero-order valence-electron chi connectivity index (χ0n) is 18.0. The zero-order chi connectivity index (χ0) is 23.8. The van der Waals surface area contributed by atoms with Gasteiger partial charge in [0.2, 0.25) is 0 Å². The third kappa shape index (κ3) is 6.08. The number of rotatable bonds is 2. The maximum absolute atomic E-state index is 8.58. The molecule has 0 saturated heterocycles. The van der Waals surface area contributed by atoms with Gasteiger partial charge in [-0.3, -0.25) is 4.98 Å². The lowest BCUT2D eigenvalue weighted by Crippen LogP contribution is -2.29. The number of fused-ring (bicyclic) bond motifs is 2. The normalized spacial score (nSPS) is 10.2. The van der Waals surface area contributed by atoms with Crippen molar-refractivity contribution in [3.63, 3.8) is 0 Å². The van der Waals surface area contributed by atoms with Gasteiger partial charge in [-0.25, -0.2) is 4.98 Å². The number of pyridine rings is 2. The molecule has 0 bridgehead atoms. The quantitative estimate of drug-likeness (QED) is 0.216. The fourth-order valence-corrected chi connectivity index (χ4v) is 5.05. The number of hydrogen-bond donors (Lipinski definition) is 2. The summed E-state index contributed by atoms with van der Waals surface area (Å²) < 4.78 is 2.49. The maximum Gasteiger partial charge on any atom is 0.488 e. The lowest BCUT2D eigenvalue weighted by atomic mass is 9.81. The Bertz CT molecular complexity index is 1460. The van der Waals surface area contributed by atoms with Crippen molar-refractivity contribution in [2.75, 3.05) is 0 Å². The Morgan fingerprint density at radius 1 is 0.647 bits per heavy atom. The van der Waals surface area contributed by atoms with E-state index in [0.29, 0.717) is 10.6 Å². The van der Waals surface area contributed by atoms with Gasteiger partial charge in [-0.15, -0.1) is 22.7 Å². The minimum absolute atomic E-state index is 0.525. The molecule has 0 aliphatic heterocycles. The van der Waals surface area contributed by atoms with E-state index in [9.17, 15) is 0 Å². The molecule has 0 aliphatic carbocycles. The Morgan fingerprint density at radius 3 is 1.79 bits per heavy atom. The van der Waals surface area contributed by atoms with Gasteiger partial charge in [0.15, 0.2) is 0 Å². The van der Waals surface area contributed by atoms with Gasteiger partial charge in [-0.1, -0.05) is 72.3 Å². The van der Waals surface area contributed by atoms with Gasteiger partial charge in [0.1, 0.15) is 5.15 Å². The highest BCUT2D eigenvalue weighted by Crippen LogP contribution is 2.29. The van der Waals surface area contributed by atoms with Crippen molar-refractivity contribution in [3.05, 3.63) is 113 Å². The Labute approximate surface area is 210 Å². The number of aromatic nitrogens is 2. The van der Waals surface area contributed by atoms with E-state index >= 15 is 0 Å². The van der Waals surface area contributed by atoms with E-state index in [1.165, 1.54) is 20.3 Å². The Hall–Kier alpha value is -3.07. The first-order valence-electron chi connectivity index (χ1n) is 10.4. The average Bonchev–Trinajstić information content (AvgIpc) is 3.56. The van der Waals surface area contributed by atoms with Crippen LogP contribution in [-0.2, 0) is 0 Å². The van der Waals surface area contributed by atoms with Crippen LogP contribution in [0.5, 0.6) is 0 Å². The minimum atomic E-state index is -1.34. The predicted octanol–water partition coefficient (Wildman–Crippen LogP) is 6.28. The molecule has 168 valence electrons. The molecule has 6 aromatic rings. The summed E-state index contributed by atoms with van der Waals surface area (Å²) in [5.41, 5.74) is 2.79. The summed E-state index contributed by atoms with van der Waals surface area (Å²) in [5, 5.41) is 24.2. The van der Waals surface area contributed by atoms with Gasteiger partial charge >= 0.3 is 7.12 Å². The van der Waals surface area contributed by atoms with E-state index in [1.807, 2.05) is 48.0 Å². The van der Waals surface area contributed by atoms with Crippen molar-refractivity contribution in [2.24, 2.45) is 0 Å². The third-order valence-electron chi connectivity index (χ3n) is 4.86. The van der Waals surface area contributed by atoms with Crippen molar-refractivity contribution in [1.82, 2.24) is 9.97 Å². The predicted molar refractivity (Wildman–Crippen MR) is 146 cm³/mol. The van der Waals surface area contributed by atoms with Gasteiger partial charge < -0.3 is 10.0 Å². The van der Waals surface area contributed by atoms with Crippen LogP contribution >= 0.6 is 34.3 Å². The standard InChI is InChI=1S/C13H9NS.C7H4ClNS.C6H7BO2/c1-2-4-10(5-3-1)13-11-7-9-15-12(11)6-8-14-13;8-7-5-2-4-10-6(5)1-3-9-7;8-7(9)6-4-2-1-3-5-6/h1-9H;1-4H;1-5,8-9H. The van der Waals surface area contributed by atoms with Crippen molar-refractivity contribution in [3.8, 4) is 11.3 Å². The van der Waals surface area contributed by atoms with Crippen molar-refractivity contribution in [1.29, 1.82) is 0 Å². The van der Waals surface area contributed by atoms with E-state index in [0.717, 1.165) is 11.1 Å². The summed E-state index contributed by atoms with van der Waals surface area (Å²) in [6.07, 6.45) is 3.60. The summed E-state index contributed by atoms with van der Waals surface area (Å²) in [4.78, 5) is 8.41. The van der Waals surface area contributed by atoms with Gasteiger partial charge in [0.25, 0.3) is 0 Å². The maximum atomic E-state index is 8.58. The van der Waals surface area contributed by atoms with Crippen LogP contribution in [0.25, 0.3) is 31.4 Å². The molecule has 4 nitrogen and oxygen atoms in total. The molecular weight excluding hydrogens is 483 g/mol. The van der Waals surface area contributed by atoms with Crippen LogP contribution in [0.2, 0.25) is 5.15 Å². The van der Waals surface area contributed by atoms with Crippen LogP contribution in [0.15, 0.2) is 108 Å². The van der Waals surface area contributed by atoms with Crippen LogP contribution in [0.4, 0.5) is 0 Å². The van der Waals surface area contributed by atoms with E-state index in [-0.39, 0.29) is 0 Å². The van der Waals surface area contributed by atoms with Crippen LogP contribution in [-0.4, -0.2) is 27.1 Å². The second-order valence-electron chi connectivity index (χ2n) is 7.08. The third-order valence-corrected chi connectivity index (χ3v) is 6.92. The molecule has 34 heavy (non-hydrogen) atoms. The van der Waals surface area contributed by atoms with Crippen molar-refractivity contribution in [2.45, 2.75) is 0 Å². The first kappa shape index (κ1) is 24.1. The molecule has 0 fully saturated rings. The highest BCUT2D eigenvalue weighted by molar-refractivity contribution is 7.17. The highest BCUT2D eigenvalue weighted by Gasteiger charge is 2.07. The van der Waals surface area contributed by atoms with E-state index in [2.05, 4.69) is 39.6 Å². The van der Waals surface area contributed by atoms with Crippen molar-refractivity contribution >= 4 is 67.0 Å². The second kappa shape index (κ2) is 11.9. The lowest BCUT2D eigenvalue weighted by Gasteiger charge is -2.01. The number of nitrogens with zero attached hydrogens (tertiary/aromatic N) is 2. The zero-order valence-corrected chi connectivity index (χ0v) is 20.3. The van der Waals surface area contributed by atoms with Crippen LogP contribution < -0.4 is 5.46 Å². The van der Waals surface area contributed by atoms with Gasteiger partial charge in [0.05, 0.1) is 5.69 Å². The summed E-state index contributed by atoms with van der Waals surface area (Å²) in [7, 11) is -1.34. The minimum Gasteiger partial charge on any atom is -0.423 e. The molecule has 0 amide bonds. The molecule has 6 rings (SSSR count). The number of thiophene rings is 2.